The van der Waals surface area contributed by atoms with Gasteiger partial charge in [0.15, 0.2) is 6.61 Å². The van der Waals surface area contributed by atoms with Gasteiger partial charge in [-0.15, -0.1) is 0 Å². The Kier molecular flexibility index (Phi) is 5.73. The average molecular weight is 333 g/mol. The van der Waals surface area contributed by atoms with E-state index >= 15 is 0 Å². The first-order chi connectivity index (χ1) is 11.5. The molecule has 0 aliphatic carbocycles. The van der Waals surface area contributed by atoms with Crippen molar-refractivity contribution in [2.24, 2.45) is 0 Å². The summed E-state index contributed by atoms with van der Waals surface area (Å²) in [5, 5.41) is 2.49. The number of halogens is 1. The van der Waals surface area contributed by atoms with E-state index in [1.54, 1.807) is 18.2 Å². The van der Waals surface area contributed by atoms with Gasteiger partial charge in [-0.2, -0.15) is 0 Å². The van der Waals surface area contributed by atoms with E-state index < -0.39 is 24.3 Å². The monoisotopic (exact) mass is 333 g/mol. The van der Waals surface area contributed by atoms with Crippen LogP contribution >= 0.6 is 0 Å². The van der Waals surface area contributed by atoms with Crippen LogP contribution in [0.2, 0.25) is 0 Å². The van der Waals surface area contributed by atoms with E-state index in [0.717, 1.165) is 0 Å². The minimum atomic E-state index is -0.751. The van der Waals surface area contributed by atoms with E-state index in [1.807, 2.05) is 0 Å². The van der Waals surface area contributed by atoms with Crippen molar-refractivity contribution >= 4 is 17.6 Å². The van der Waals surface area contributed by atoms with Crippen molar-refractivity contribution < 1.29 is 28.2 Å². The second-order valence-corrected chi connectivity index (χ2v) is 4.67. The Bertz CT molecular complexity index is 708. The topological polar surface area (TPSA) is 73.9 Å². The minimum Gasteiger partial charge on any atom is -0.496 e. The fraction of sp³-hybridized carbons (Fsp3) is 0.176. The second-order valence-electron chi connectivity index (χ2n) is 4.67. The summed E-state index contributed by atoms with van der Waals surface area (Å²) in [5.41, 5.74) is 0.490. The molecule has 1 amide bonds. The van der Waals surface area contributed by atoms with Gasteiger partial charge in [-0.05, 0) is 36.4 Å². The highest BCUT2D eigenvalue weighted by Gasteiger charge is 2.20. The maximum atomic E-state index is 12.8. The fourth-order valence-corrected chi connectivity index (χ4v) is 1.99. The summed E-state index contributed by atoms with van der Waals surface area (Å²) < 4.78 is 28.0. The van der Waals surface area contributed by atoms with Gasteiger partial charge in [0, 0.05) is 5.69 Å². The SMILES string of the molecule is COc1cccc(OC)c1C(=O)OCC(=O)Nc1ccc(F)cc1. The number of hydrogen-bond donors (Lipinski definition) is 1. The van der Waals surface area contributed by atoms with Crippen molar-refractivity contribution in [3.8, 4) is 11.5 Å². The maximum absolute atomic E-state index is 12.8. The molecule has 0 unspecified atom stereocenters. The zero-order chi connectivity index (χ0) is 17.5. The van der Waals surface area contributed by atoms with Crippen molar-refractivity contribution in [2.45, 2.75) is 0 Å². The Balaban J connectivity index is 2.00. The molecule has 2 aromatic carbocycles. The largest absolute Gasteiger partial charge is 0.496 e. The van der Waals surface area contributed by atoms with Gasteiger partial charge < -0.3 is 19.5 Å². The molecular weight excluding hydrogens is 317 g/mol. The lowest BCUT2D eigenvalue weighted by Gasteiger charge is -2.12. The number of hydrogen-bond acceptors (Lipinski definition) is 5. The smallest absolute Gasteiger partial charge is 0.346 e. The summed E-state index contributed by atoms with van der Waals surface area (Å²) in [6.07, 6.45) is 0. The number of carbonyl (C=O) groups is 2. The van der Waals surface area contributed by atoms with Gasteiger partial charge in [0.05, 0.1) is 14.2 Å². The molecule has 0 atom stereocenters. The normalized spacial score (nSPS) is 9.96. The number of benzene rings is 2. The Hall–Kier alpha value is -3.09. The number of esters is 1. The minimum absolute atomic E-state index is 0.0945. The predicted octanol–water partition coefficient (Wildman–Crippen LogP) is 2.64. The number of carbonyl (C=O) groups excluding carboxylic acids is 2. The molecule has 0 fully saturated rings. The number of ether oxygens (including phenoxy) is 3. The molecular formula is C17H16FNO5. The number of nitrogens with one attached hydrogen (secondary N) is 1. The number of anilines is 1. The molecule has 0 spiro atoms. The van der Waals surface area contributed by atoms with Gasteiger partial charge in [-0.1, -0.05) is 6.07 Å². The standard InChI is InChI=1S/C17H16FNO5/c1-22-13-4-3-5-14(23-2)16(13)17(21)24-10-15(20)19-12-8-6-11(18)7-9-12/h3-9H,10H2,1-2H3,(H,19,20). The Morgan fingerprint density at radius 3 is 2.12 bits per heavy atom. The second kappa shape index (κ2) is 7.96. The zero-order valence-corrected chi connectivity index (χ0v) is 13.2. The first kappa shape index (κ1) is 17.3. The molecule has 24 heavy (non-hydrogen) atoms. The quantitative estimate of drug-likeness (QED) is 0.823. The van der Waals surface area contributed by atoms with Crippen LogP contribution < -0.4 is 14.8 Å². The predicted molar refractivity (Wildman–Crippen MR) is 84.9 cm³/mol. The van der Waals surface area contributed by atoms with Crippen LogP contribution in [0.15, 0.2) is 42.5 Å². The third-order valence-electron chi connectivity index (χ3n) is 3.09. The lowest BCUT2D eigenvalue weighted by Crippen LogP contribution is -2.21. The summed E-state index contributed by atoms with van der Waals surface area (Å²) >= 11 is 0. The van der Waals surface area contributed by atoms with Gasteiger partial charge in [-0.3, -0.25) is 4.79 Å². The van der Waals surface area contributed by atoms with Crippen LogP contribution in [0, 0.1) is 5.82 Å². The molecule has 7 heteroatoms. The molecule has 2 rings (SSSR count). The highest BCUT2D eigenvalue weighted by Crippen LogP contribution is 2.28. The Labute approximate surface area is 138 Å². The van der Waals surface area contributed by atoms with Crippen molar-refractivity contribution in [2.75, 3.05) is 26.1 Å². The van der Waals surface area contributed by atoms with E-state index in [1.165, 1.54) is 38.5 Å². The lowest BCUT2D eigenvalue weighted by atomic mass is 10.2. The van der Waals surface area contributed by atoms with Crippen LogP contribution in [-0.4, -0.2) is 32.7 Å². The van der Waals surface area contributed by atoms with E-state index in [9.17, 15) is 14.0 Å². The van der Waals surface area contributed by atoms with Gasteiger partial charge >= 0.3 is 5.97 Å². The molecule has 0 bridgehead atoms. The van der Waals surface area contributed by atoms with Crippen LogP contribution in [0.5, 0.6) is 11.5 Å². The highest BCUT2D eigenvalue weighted by atomic mass is 19.1. The van der Waals surface area contributed by atoms with Crippen molar-refractivity contribution in [3.05, 3.63) is 53.8 Å². The summed E-state index contributed by atoms with van der Waals surface area (Å²) in [7, 11) is 2.82. The number of amides is 1. The van der Waals surface area contributed by atoms with Crippen molar-refractivity contribution in [1.29, 1.82) is 0 Å². The molecule has 0 radical (unpaired) electrons. The summed E-state index contributed by atoms with van der Waals surface area (Å²) in [6, 6.07) is 10.0. The van der Waals surface area contributed by atoms with Gasteiger partial charge in [-0.25, -0.2) is 9.18 Å². The van der Waals surface area contributed by atoms with Crippen LogP contribution in [0.3, 0.4) is 0 Å². The highest BCUT2D eigenvalue weighted by molar-refractivity contribution is 5.98. The summed E-state index contributed by atoms with van der Waals surface area (Å²) in [4.78, 5) is 24.0. The van der Waals surface area contributed by atoms with Crippen molar-refractivity contribution in [1.82, 2.24) is 0 Å². The zero-order valence-electron chi connectivity index (χ0n) is 13.2. The molecule has 0 saturated carbocycles. The van der Waals surface area contributed by atoms with Crippen LogP contribution in [0.4, 0.5) is 10.1 Å². The van der Waals surface area contributed by atoms with Crippen LogP contribution in [0.25, 0.3) is 0 Å². The van der Waals surface area contributed by atoms with Gasteiger partial charge in [0.25, 0.3) is 5.91 Å². The average Bonchev–Trinajstić information content (AvgIpc) is 2.60. The molecule has 0 aromatic heterocycles. The third kappa shape index (κ3) is 4.22. The Morgan fingerprint density at radius 1 is 1.00 bits per heavy atom. The van der Waals surface area contributed by atoms with E-state index in [2.05, 4.69) is 5.32 Å². The van der Waals surface area contributed by atoms with E-state index in [-0.39, 0.29) is 17.1 Å². The molecule has 0 heterocycles. The lowest BCUT2D eigenvalue weighted by molar-refractivity contribution is -0.119. The van der Waals surface area contributed by atoms with Crippen LogP contribution in [-0.2, 0) is 9.53 Å². The van der Waals surface area contributed by atoms with Crippen molar-refractivity contribution in [3.63, 3.8) is 0 Å². The third-order valence-corrected chi connectivity index (χ3v) is 3.09. The molecule has 6 nitrogen and oxygen atoms in total. The number of methoxy groups -OCH3 is 2. The van der Waals surface area contributed by atoms with E-state index in [0.29, 0.717) is 5.69 Å². The summed E-state index contributed by atoms with van der Waals surface area (Å²) in [5.74, 6) is -1.17. The molecule has 126 valence electrons. The van der Waals surface area contributed by atoms with Gasteiger partial charge in [0.2, 0.25) is 0 Å². The maximum Gasteiger partial charge on any atom is 0.346 e. The molecule has 0 aliphatic rings. The fourth-order valence-electron chi connectivity index (χ4n) is 1.99. The Morgan fingerprint density at radius 2 is 1.58 bits per heavy atom. The first-order valence-electron chi connectivity index (χ1n) is 6.98. The number of rotatable bonds is 6. The van der Waals surface area contributed by atoms with E-state index in [4.69, 9.17) is 14.2 Å². The first-order valence-corrected chi connectivity index (χ1v) is 6.98. The molecule has 2 aromatic rings. The molecule has 0 aliphatic heterocycles. The molecule has 0 saturated heterocycles. The summed E-state index contributed by atoms with van der Waals surface area (Å²) in [6.45, 7) is -0.503. The van der Waals surface area contributed by atoms with Crippen LogP contribution in [0.1, 0.15) is 10.4 Å². The van der Waals surface area contributed by atoms with Gasteiger partial charge in [0.1, 0.15) is 22.9 Å². The molecule has 1 N–H and O–H groups in total.